The molecule has 0 aromatic carbocycles. The van der Waals surface area contributed by atoms with Gasteiger partial charge in [0.2, 0.25) is 0 Å². The van der Waals surface area contributed by atoms with Crippen LogP contribution in [0.2, 0.25) is 5.02 Å². The van der Waals surface area contributed by atoms with Crippen LogP contribution in [-0.2, 0) is 6.18 Å². The van der Waals surface area contributed by atoms with E-state index in [0.29, 0.717) is 11.5 Å². The molecule has 62 valence electrons. The summed E-state index contributed by atoms with van der Waals surface area (Å²) in [7, 11) is 0. The third-order valence-corrected chi connectivity index (χ3v) is 2.61. The molecular weight excluding hydrogens is 199 g/mol. The summed E-state index contributed by atoms with van der Waals surface area (Å²) in [6.45, 7) is 1.44. The zero-order valence-corrected chi connectivity index (χ0v) is 6.94. The maximum absolute atomic E-state index is 11.9. The molecule has 0 atom stereocenters. The second-order valence-corrected chi connectivity index (χ2v) is 3.06. The number of rotatable bonds is 0. The molecule has 11 heavy (non-hydrogen) atoms. The molecule has 1 nitrogen and oxygen atoms in total. The van der Waals surface area contributed by atoms with Gasteiger partial charge in [-0.3, -0.25) is 0 Å². The third kappa shape index (κ3) is 1.65. The van der Waals surface area contributed by atoms with Crippen molar-refractivity contribution < 1.29 is 13.2 Å². The molecule has 0 radical (unpaired) electrons. The van der Waals surface area contributed by atoms with E-state index in [1.807, 2.05) is 0 Å². The number of alkyl halides is 3. The van der Waals surface area contributed by atoms with Crippen molar-refractivity contribution in [2.24, 2.45) is 0 Å². The van der Waals surface area contributed by atoms with Crippen molar-refractivity contribution in [2.75, 3.05) is 0 Å². The molecule has 0 saturated heterocycles. The molecule has 1 heterocycles. The predicted octanol–water partition coefficient (Wildman–Crippen LogP) is 3.12. The van der Waals surface area contributed by atoms with Crippen molar-refractivity contribution >= 4 is 23.1 Å². The van der Waals surface area contributed by atoms with E-state index in [4.69, 9.17) is 11.6 Å². The number of aryl methyl sites for hydroxylation is 1. The lowest BCUT2D eigenvalue weighted by atomic mass is 10.4. The minimum absolute atomic E-state index is 0.226. The molecule has 0 aliphatic heterocycles. The van der Waals surface area contributed by atoms with E-state index in [1.54, 1.807) is 0 Å². The zero-order chi connectivity index (χ0) is 8.65. The Labute approximate surface area is 70.0 Å². The first-order chi connectivity index (χ1) is 4.93. The minimum Gasteiger partial charge on any atom is -0.196 e. The van der Waals surface area contributed by atoms with Gasteiger partial charge in [-0.2, -0.15) is 17.5 Å². The summed E-state index contributed by atoms with van der Waals surface area (Å²) in [6.07, 6.45) is -4.37. The Balaban J connectivity index is 3.15. The number of hydrogen-bond donors (Lipinski definition) is 0. The van der Waals surface area contributed by atoms with Gasteiger partial charge in [0.25, 0.3) is 0 Å². The Morgan fingerprint density at radius 3 is 2.18 bits per heavy atom. The van der Waals surface area contributed by atoms with Gasteiger partial charge in [-0.25, -0.2) is 0 Å². The van der Waals surface area contributed by atoms with Crippen molar-refractivity contribution in [1.29, 1.82) is 0 Å². The Bertz CT molecular complexity index is 267. The number of halogens is 4. The van der Waals surface area contributed by atoms with E-state index in [9.17, 15) is 13.2 Å². The first-order valence-corrected chi connectivity index (χ1v) is 3.77. The van der Waals surface area contributed by atoms with Crippen LogP contribution in [0.5, 0.6) is 0 Å². The average molecular weight is 202 g/mol. The maximum atomic E-state index is 11.9. The molecule has 1 aromatic rings. The number of aromatic nitrogens is 1. The van der Waals surface area contributed by atoms with Crippen LogP contribution in [0.25, 0.3) is 0 Å². The first kappa shape index (κ1) is 8.80. The van der Waals surface area contributed by atoms with Crippen LogP contribution in [0, 0.1) is 6.92 Å². The fourth-order valence-corrected chi connectivity index (χ4v) is 1.49. The minimum atomic E-state index is -4.37. The number of nitrogens with zero attached hydrogens (tertiary/aromatic N) is 1. The fourth-order valence-electron chi connectivity index (χ4n) is 0.535. The molecule has 0 saturated carbocycles. The highest BCUT2D eigenvalue weighted by molar-refractivity contribution is 7.06. The molecule has 6 heteroatoms. The quantitative estimate of drug-likeness (QED) is 0.629. The Hall–Kier alpha value is -0.290. The summed E-state index contributed by atoms with van der Waals surface area (Å²) in [5, 5.41) is -0.289. The Morgan fingerprint density at radius 2 is 2.00 bits per heavy atom. The zero-order valence-electron chi connectivity index (χ0n) is 5.37. The molecule has 0 unspecified atom stereocenters. The molecule has 0 amide bonds. The van der Waals surface area contributed by atoms with Crippen molar-refractivity contribution in [3.8, 4) is 0 Å². The second-order valence-electron chi connectivity index (χ2n) is 1.91. The largest absolute Gasteiger partial charge is 0.428 e. The van der Waals surface area contributed by atoms with Crippen molar-refractivity contribution in [2.45, 2.75) is 13.1 Å². The molecule has 0 bridgehead atoms. The van der Waals surface area contributed by atoms with E-state index in [0.717, 1.165) is 0 Å². The summed E-state index contributed by atoms with van der Waals surface area (Å²) in [4.78, 5) is -0.823. The van der Waals surface area contributed by atoms with E-state index >= 15 is 0 Å². The predicted molar refractivity (Wildman–Crippen MR) is 36.9 cm³/mol. The maximum Gasteiger partial charge on any atom is 0.428 e. The molecule has 0 N–H and O–H groups in total. The van der Waals surface area contributed by atoms with E-state index < -0.39 is 11.1 Å². The first-order valence-electron chi connectivity index (χ1n) is 2.62. The average Bonchev–Trinajstić information content (AvgIpc) is 2.11. The topological polar surface area (TPSA) is 12.9 Å². The van der Waals surface area contributed by atoms with Gasteiger partial charge in [0.05, 0.1) is 10.7 Å². The van der Waals surface area contributed by atoms with Gasteiger partial charge in [-0.05, 0) is 18.5 Å². The molecule has 1 aromatic heterocycles. The highest BCUT2D eigenvalue weighted by Gasteiger charge is 2.36. The summed E-state index contributed by atoms with van der Waals surface area (Å²) < 4.78 is 39.3. The lowest BCUT2D eigenvalue weighted by molar-refractivity contribution is -0.134. The third-order valence-electron chi connectivity index (χ3n) is 1.05. The van der Waals surface area contributed by atoms with Crippen LogP contribution in [0.4, 0.5) is 13.2 Å². The smallest absolute Gasteiger partial charge is 0.196 e. The van der Waals surface area contributed by atoms with E-state index in [1.165, 1.54) is 6.92 Å². The monoisotopic (exact) mass is 201 g/mol. The number of hydrogen-bond acceptors (Lipinski definition) is 2. The molecule has 1 rings (SSSR count). The highest BCUT2D eigenvalue weighted by Crippen LogP contribution is 2.38. The van der Waals surface area contributed by atoms with Gasteiger partial charge in [0, 0.05) is 0 Å². The molecule has 0 aliphatic rings. The van der Waals surface area contributed by atoms with Crippen LogP contribution in [0.3, 0.4) is 0 Å². The standard InChI is InChI=1S/C5H3ClF3NS/c1-2-3(6)4(11-10-2)5(7,8)9/h1H3. The van der Waals surface area contributed by atoms with E-state index in [2.05, 4.69) is 4.37 Å². The van der Waals surface area contributed by atoms with Crippen molar-refractivity contribution in [1.82, 2.24) is 4.37 Å². The lowest BCUT2D eigenvalue weighted by Gasteiger charge is -2.01. The Kier molecular flexibility index (Phi) is 2.11. The van der Waals surface area contributed by atoms with Gasteiger partial charge >= 0.3 is 6.18 Å². The van der Waals surface area contributed by atoms with Crippen LogP contribution in [0.1, 0.15) is 10.6 Å². The molecule has 0 aliphatic carbocycles. The van der Waals surface area contributed by atoms with Gasteiger partial charge in [-0.1, -0.05) is 11.6 Å². The van der Waals surface area contributed by atoms with Gasteiger partial charge < -0.3 is 0 Å². The van der Waals surface area contributed by atoms with Crippen LogP contribution in [-0.4, -0.2) is 4.37 Å². The van der Waals surface area contributed by atoms with Gasteiger partial charge in [-0.15, -0.1) is 0 Å². The second kappa shape index (κ2) is 2.64. The van der Waals surface area contributed by atoms with Crippen molar-refractivity contribution in [3.05, 3.63) is 15.6 Å². The highest BCUT2D eigenvalue weighted by atomic mass is 35.5. The fraction of sp³-hybridized carbons (Fsp3) is 0.400. The van der Waals surface area contributed by atoms with E-state index in [-0.39, 0.29) is 10.7 Å². The molecule has 0 spiro atoms. The van der Waals surface area contributed by atoms with Crippen LogP contribution >= 0.6 is 23.1 Å². The summed E-state index contributed by atoms with van der Waals surface area (Å²) in [5.74, 6) is 0. The van der Waals surface area contributed by atoms with Gasteiger partial charge in [0.1, 0.15) is 4.88 Å². The Morgan fingerprint density at radius 1 is 1.45 bits per heavy atom. The van der Waals surface area contributed by atoms with Crippen LogP contribution < -0.4 is 0 Å². The van der Waals surface area contributed by atoms with Gasteiger partial charge in [0.15, 0.2) is 0 Å². The normalized spacial score (nSPS) is 12.1. The SMILES string of the molecule is Cc1nsc(C(F)(F)F)c1Cl. The summed E-state index contributed by atoms with van der Waals surface area (Å²) in [6, 6.07) is 0. The van der Waals surface area contributed by atoms with Crippen LogP contribution in [0.15, 0.2) is 0 Å². The summed E-state index contributed by atoms with van der Waals surface area (Å²) >= 11 is 5.70. The molecular formula is C5H3ClF3NS. The lowest BCUT2D eigenvalue weighted by Crippen LogP contribution is -2.02. The molecule has 0 fully saturated rings. The summed E-state index contributed by atoms with van der Waals surface area (Å²) in [5.41, 5.74) is 0.226. The van der Waals surface area contributed by atoms with Crippen molar-refractivity contribution in [3.63, 3.8) is 0 Å².